The minimum Gasteiger partial charge on any atom is -0.270 e. The van der Waals surface area contributed by atoms with Crippen molar-refractivity contribution in [3.8, 4) is 0 Å². The standard InChI is InChI=1S/C16H9F3N4O2/c17-16(18,19)11-4-2-1-3-8(11)7-23-14(24)10-5-20-13-9(6-21-22-13)12(10)15(23)25/h1-6H,7H2,(H,20,21,22). The van der Waals surface area contributed by atoms with Crippen LogP contribution in [-0.2, 0) is 12.7 Å². The molecule has 0 atom stereocenters. The molecule has 126 valence electrons. The monoisotopic (exact) mass is 346 g/mol. The molecule has 6 nitrogen and oxygen atoms in total. The summed E-state index contributed by atoms with van der Waals surface area (Å²) in [5, 5.41) is 6.73. The number of H-pyrrole nitrogens is 1. The van der Waals surface area contributed by atoms with Gasteiger partial charge in [-0.2, -0.15) is 18.3 Å². The summed E-state index contributed by atoms with van der Waals surface area (Å²) in [6.45, 7) is -0.471. The number of fused-ring (bicyclic) bond motifs is 3. The number of aromatic amines is 1. The summed E-state index contributed by atoms with van der Waals surface area (Å²) in [4.78, 5) is 29.9. The van der Waals surface area contributed by atoms with Gasteiger partial charge in [0.25, 0.3) is 11.8 Å². The molecule has 0 radical (unpaired) electrons. The van der Waals surface area contributed by atoms with E-state index in [4.69, 9.17) is 0 Å². The smallest absolute Gasteiger partial charge is 0.270 e. The van der Waals surface area contributed by atoms with E-state index < -0.39 is 30.1 Å². The van der Waals surface area contributed by atoms with Gasteiger partial charge in [-0.25, -0.2) is 4.98 Å². The van der Waals surface area contributed by atoms with E-state index in [1.165, 1.54) is 30.6 Å². The Bertz CT molecular complexity index is 1030. The number of halogens is 3. The van der Waals surface area contributed by atoms with Gasteiger partial charge >= 0.3 is 6.18 Å². The largest absolute Gasteiger partial charge is 0.416 e. The van der Waals surface area contributed by atoms with Crippen LogP contribution in [0.1, 0.15) is 31.8 Å². The predicted octanol–water partition coefficient (Wildman–Crippen LogP) is 2.77. The molecule has 0 aliphatic carbocycles. The van der Waals surface area contributed by atoms with E-state index in [2.05, 4.69) is 15.2 Å². The quantitative estimate of drug-likeness (QED) is 0.724. The summed E-state index contributed by atoms with van der Waals surface area (Å²) in [5.41, 5.74) is -0.534. The first-order valence-corrected chi connectivity index (χ1v) is 7.21. The molecule has 4 rings (SSSR count). The van der Waals surface area contributed by atoms with Gasteiger partial charge in [-0.15, -0.1) is 0 Å². The summed E-state index contributed by atoms with van der Waals surface area (Å²) in [6, 6.07) is 4.85. The van der Waals surface area contributed by atoms with Crippen LogP contribution in [0.15, 0.2) is 36.7 Å². The lowest BCUT2D eigenvalue weighted by molar-refractivity contribution is -0.138. The zero-order valence-electron chi connectivity index (χ0n) is 12.5. The molecule has 9 heteroatoms. The molecule has 3 heterocycles. The first kappa shape index (κ1) is 15.3. The second-order valence-corrected chi connectivity index (χ2v) is 5.53. The molecular formula is C16H9F3N4O2. The number of benzene rings is 1. The molecule has 1 aromatic carbocycles. The van der Waals surface area contributed by atoms with Gasteiger partial charge in [-0.05, 0) is 11.6 Å². The SMILES string of the molecule is O=C1c2cnc3[nH]ncc3c2C(=O)N1Cc1ccccc1C(F)(F)F. The van der Waals surface area contributed by atoms with Crippen molar-refractivity contribution in [3.05, 3.63) is 58.9 Å². The summed E-state index contributed by atoms with van der Waals surface area (Å²) < 4.78 is 39.4. The Morgan fingerprint density at radius 3 is 2.60 bits per heavy atom. The fraction of sp³-hybridized carbons (Fsp3) is 0.125. The number of imide groups is 1. The second kappa shape index (κ2) is 5.13. The highest BCUT2D eigenvalue weighted by Gasteiger charge is 2.40. The van der Waals surface area contributed by atoms with Gasteiger partial charge in [0.1, 0.15) is 0 Å². The molecule has 1 N–H and O–H groups in total. The average Bonchev–Trinajstić information content (AvgIpc) is 3.13. The molecule has 2 aromatic heterocycles. The zero-order valence-corrected chi connectivity index (χ0v) is 12.5. The fourth-order valence-electron chi connectivity index (χ4n) is 2.91. The normalized spacial score (nSPS) is 14.4. The Balaban J connectivity index is 1.77. The second-order valence-electron chi connectivity index (χ2n) is 5.53. The van der Waals surface area contributed by atoms with Gasteiger partial charge in [-0.1, -0.05) is 18.2 Å². The van der Waals surface area contributed by atoms with Crippen LogP contribution in [0.4, 0.5) is 13.2 Å². The van der Waals surface area contributed by atoms with Gasteiger partial charge in [0.2, 0.25) is 0 Å². The molecule has 25 heavy (non-hydrogen) atoms. The van der Waals surface area contributed by atoms with Crippen LogP contribution in [0, 0.1) is 0 Å². The number of carbonyl (C=O) groups is 2. The maximum Gasteiger partial charge on any atom is 0.416 e. The van der Waals surface area contributed by atoms with Crippen molar-refractivity contribution < 1.29 is 22.8 Å². The van der Waals surface area contributed by atoms with Crippen LogP contribution < -0.4 is 0 Å². The van der Waals surface area contributed by atoms with E-state index in [-0.39, 0.29) is 16.7 Å². The molecular weight excluding hydrogens is 337 g/mol. The fourth-order valence-corrected chi connectivity index (χ4v) is 2.91. The summed E-state index contributed by atoms with van der Waals surface area (Å²) >= 11 is 0. The van der Waals surface area contributed by atoms with E-state index in [1.54, 1.807) is 0 Å². The Morgan fingerprint density at radius 2 is 1.84 bits per heavy atom. The van der Waals surface area contributed by atoms with Crippen molar-refractivity contribution >= 4 is 22.8 Å². The van der Waals surface area contributed by atoms with Crippen LogP contribution in [0.5, 0.6) is 0 Å². The van der Waals surface area contributed by atoms with Crippen LogP contribution >= 0.6 is 0 Å². The molecule has 2 amide bonds. The lowest BCUT2D eigenvalue weighted by Gasteiger charge is -2.18. The lowest BCUT2D eigenvalue weighted by atomic mass is 10.1. The van der Waals surface area contributed by atoms with Crippen molar-refractivity contribution in [2.24, 2.45) is 0 Å². The molecule has 0 fully saturated rings. The molecule has 3 aromatic rings. The van der Waals surface area contributed by atoms with Gasteiger partial charge in [-0.3, -0.25) is 19.6 Å². The number of carbonyl (C=O) groups excluding carboxylic acids is 2. The maximum absolute atomic E-state index is 13.1. The number of pyridine rings is 1. The number of alkyl halides is 3. The van der Waals surface area contributed by atoms with Crippen LogP contribution in [0.2, 0.25) is 0 Å². The Labute approximate surface area is 138 Å². The van der Waals surface area contributed by atoms with E-state index in [0.717, 1.165) is 11.0 Å². The summed E-state index contributed by atoms with van der Waals surface area (Å²) in [6.07, 6.45) is -1.99. The Morgan fingerprint density at radius 1 is 1.08 bits per heavy atom. The first-order valence-electron chi connectivity index (χ1n) is 7.21. The lowest BCUT2D eigenvalue weighted by Crippen LogP contribution is -2.30. The van der Waals surface area contributed by atoms with Crippen molar-refractivity contribution in [2.45, 2.75) is 12.7 Å². The number of hydrogen-bond donors (Lipinski definition) is 1. The predicted molar refractivity (Wildman–Crippen MR) is 79.5 cm³/mol. The minimum absolute atomic E-state index is 0.0587. The highest BCUT2D eigenvalue weighted by atomic mass is 19.4. The molecule has 0 saturated carbocycles. The van der Waals surface area contributed by atoms with Gasteiger partial charge in [0.15, 0.2) is 5.65 Å². The van der Waals surface area contributed by atoms with E-state index in [0.29, 0.717) is 11.0 Å². The third kappa shape index (κ3) is 2.27. The van der Waals surface area contributed by atoms with E-state index in [9.17, 15) is 22.8 Å². The van der Waals surface area contributed by atoms with Crippen LogP contribution in [0.25, 0.3) is 11.0 Å². The average molecular weight is 346 g/mol. The number of rotatable bonds is 2. The van der Waals surface area contributed by atoms with Gasteiger partial charge in [0.05, 0.1) is 34.8 Å². The van der Waals surface area contributed by atoms with Crippen molar-refractivity contribution in [1.29, 1.82) is 0 Å². The third-order valence-corrected chi connectivity index (χ3v) is 4.07. The van der Waals surface area contributed by atoms with Crippen LogP contribution in [-0.4, -0.2) is 31.9 Å². The van der Waals surface area contributed by atoms with Crippen molar-refractivity contribution in [1.82, 2.24) is 20.1 Å². The first-order chi connectivity index (χ1) is 11.9. The highest BCUT2D eigenvalue weighted by Crippen LogP contribution is 2.34. The Hall–Kier alpha value is -3.23. The number of nitrogens with one attached hydrogen (secondary N) is 1. The molecule has 1 aliphatic rings. The number of hydrogen-bond acceptors (Lipinski definition) is 4. The van der Waals surface area contributed by atoms with Crippen LogP contribution in [0.3, 0.4) is 0 Å². The van der Waals surface area contributed by atoms with Gasteiger partial charge in [0, 0.05) is 6.20 Å². The number of nitrogens with zero attached hydrogens (tertiary/aromatic N) is 3. The van der Waals surface area contributed by atoms with Crippen molar-refractivity contribution in [3.63, 3.8) is 0 Å². The molecule has 1 aliphatic heterocycles. The molecule has 0 bridgehead atoms. The van der Waals surface area contributed by atoms with E-state index in [1.807, 2.05) is 0 Å². The number of aromatic nitrogens is 3. The maximum atomic E-state index is 13.1. The zero-order chi connectivity index (χ0) is 17.8. The highest BCUT2D eigenvalue weighted by molar-refractivity contribution is 6.25. The van der Waals surface area contributed by atoms with E-state index >= 15 is 0 Å². The summed E-state index contributed by atoms with van der Waals surface area (Å²) in [7, 11) is 0. The molecule has 0 unspecified atom stereocenters. The van der Waals surface area contributed by atoms with Crippen molar-refractivity contribution in [2.75, 3.05) is 0 Å². The van der Waals surface area contributed by atoms with Gasteiger partial charge < -0.3 is 0 Å². The topological polar surface area (TPSA) is 79.0 Å². The third-order valence-electron chi connectivity index (χ3n) is 4.07. The Kier molecular flexibility index (Phi) is 3.14. The minimum atomic E-state index is -4.57. The molecule has 0 saturated heterocycles. The number of amides is 2. The molecule has 0 spiro atoms. The summed E-state index contributed by atoms with van der Waals surface area (Å²) in [5.74, 6) is -1.33.